The summed E-state index contributed by atoms with van der Waals surface area (Å²) in [5.41, 5.74) is 0.622. The lowest BCUT2D eigenvalue weighted by atomic mass is 10.2. The number of carbonyl (C=O) groups excluding carboxylic acids is 1. The Hall–Kier alpha value is -2.58. The predicted octanol–water partition coefficient (Wildman–Crippen LogP) is 3.62. The van der Waals surface area contributed by atoms with Gasteiger partial charge in [-0.25, -0.2) is 8.42 Å². The lowest BCUT2D eigenvalue weighted by Crippen LogP contribution is -2.36. The van der Waals surface area contributed by atoms with E-state index >= 15 is 0 Å². The normalized spacial score (nSPS) is 18.4. The van der Waals surface area contributed by atoms with Crippen LogP contribution in [0.25, 0.3) is 0 Å². The number of anilines is 1. The summed E-state index contributed by atoms with van der Waals surface area (Å²) < 4.78 is 39.0. The van der Waals surface area contributed by atoms with Crippen LogP contribution in [0.1, 0.15) is 43.5 Å². The molecular weight excluding hydrogens is 392 g/mol. The van der Waals surface area contributed by atoms with Crippen LogP contribution in [0.2, 0.25) is 0 Å². The predicted molar refractivity (Wildman–Crippen MR) is 109 cm³/mol. The van der Waals surface area contributed by atoms with Gasteiger partial charge < -0.3 is 14.8 Å². The van der Waals surface area contributed by atoms with Crippen molar-refractivity contribution < 1.29 is 22.7 Å². The Labute approximate surface area is 170 Å². The molecule has 0 atom stereocenters. The fraction of sp³-hybridized carbons (Fsp3) is 0.381. The van der Waals surface area contributed by atoms with E-state index in [4.69, 9.17) is 9.47 Å². The number of ether oxygens (including phenoxy) is 2. The van der Waals surface area contributed by atoms with E-state index in [0.29, 0.717) is 30.3 Å². The van der Waals surface area contributed by atoms with Gasteiger partial charge in [-0.15, -0.1) is 0 Å². The summed E-state index contributed by atoms with van der Waals surface area (Å²) in [6.07, 6.45) is 2.69. The molecule has 0 bridgehead atoms. The van der Waals surface area contributed by atoms with Gasteiger partial charge in [-0.2, -0.15) is 4.31 Å². The Morgan fingerprint density at radius 1 is 1.00 bits per heavy atom. The van der Waals surface area contributed by atoms with Crippen molar-refractivity contribution in [1.82, 2.24) is 4.31 Å². The summed E-state index contributed by atoms with van der Waals surface area (Å²) in [7, 11) is -3.73. The van der Waals surface area contributed by atoms with Crippen LogP contribution in [0.15, 0.2) is 47.4 Å². The first-order chi connectivity index (χ1) is 13.8. The number of piperidine rings is 1. The molecule has 8 heteroatoms. The second-order valence-corrected chi connectivity index (χ2v) is 9.59. The number of benzene rings is 2. The number of carbonyl (C=O) groups is 1. The second-order valence-electron chi connectivity index (χ2n) is 7.68. The number of fused-ring (bicyclic) bond motifs is 1. The van der Waals surface area contributed by atoms with E-state index in [0.717, 1.165) is 19.3 Å². The van der Waals surface area contributed by atoms with Crippen molar-refractivity contribution >= 4 is 21.6 Å². The molecule has 2 aliphatic rings. The molecule has 4 rings (SSSR count). The molecule has 1 N–H and O–H groups in total. The smallest absolute Gasteiger partial charge is 0.257 e. The van der Waals surface area contributed by atoms with E-state index in [9.17, 15) is 13.2 Å². The van der Waals surface area contributed by atoms with E-state index in [1.807, 2.05) is 0 Å². The lowest BCUT2D eigenvalue weighted by Gasteiger charge is -2.26. The molecule has 0 aromatic heterocycles. The van der Waals surface area contributed by atoms with Gasteiger partial charge in [0.05, 0.1) is 10.5 Å². The molecule has 1 amide bonds. The van der Waals surface area contributed by atoms with Gasteiger partial charge in [0.15, 0.2) is 11.5 Å². The minimum absolute atomic E-state index is 0.0290. The maximum absolute atomic E-state index is 13.1. The van der Waals surface area contributed by atoms with Crippen LogP contribution in [0.3, 0.4) is 0 Å². The Kier molecular flexibility index (Phi) is 5.00. The molecule has 2 aromatic carbocycles. The van der Waals surface area contributed by atoms with Gasteiger partial charge in [-0.1, -0.05) is 18.6 Å². The van der Waals surface area contributed by atoms with Gasteiger partial charge in [0.25, 0.3) is 5.91 Å². The molecule has 2 aliphatic heterocycles. The molecule has 154 valence electrons. The highest BCUT2D eigenvalue weighted by molar-refractivity contribution is 7.89. The van der Waals surface area contributed by atoms with Gasteiger partial charge in [0.2, 0.25) is 15.8 Å². The number of hydrogen-bond acceptors (Lipinski definition) is 5. The van der Waals surface area contributed by atoms with E-state index in [2.05, 4.69) is 5.32 Å². The van der Waals surface area contributed by atoms with Crippen molar-refractivity contribution in [2.45, 2.75) is 43.8 Å². The average Bonchev–Trinajstić information content (AvgIpc) is 3.01. The van der Waals surface area contributed by atoms with Crippen LogP contribution >= 0.6 is 0 Å². The molecule has 0 spiro atoms. The SMILES string of the molecule is CC1(C)Oc2ccc(NC(=O)c3ccccc3S(=O)(=O)N3CCCCC3)cc2O1. The quantitative estimate of drug-likeness (QED) is 0.823. The van der Waals surface area contributed by atoms with E-state index in [1.54, 1.807) is 44.2 Å². The zero-order chi connectivity index (χ0) is 20.6. The van der Waals surface area contributed by atoms with Crippen molar-refractivity contribution in [3.63, 3.8) is 0 Å². The Morgan fingerprint density at radius 3 is 2.45 bits per heavy atom. The average molecular weight is 416 g/mol. The molecule has 2 aromatic rings. The maximum Gasteiger partial charge on any atom is 0.257 e. The number of nitrogens with zero attached hydrogens (tertiary/aromatic N) is 1. The molecule has 7 nitrogen and oxygen atoms in total. The van der Waals surface area contributed by atoms with Crippen molar-refractivity contribution in [2.75, 3.05) is 18.4 Å². The highest BCUT2D eigenvalue weighted by Gasteiger charge is 2.32. The number of sulfonamides is 1. The fourth-order valence-electron chi connectivity index (χ4n) is 3.62. The third kappa shape index (κ3) is 3.95. The number of amides is 1. The van der Waals surface area contributed by atoms with Gasteiger partial charge in [0, 0.05) is 38.7 Å². The van der Waals surface area contributed by atoms with Gasteiger partial charge in [0.1, 0.15) is 0 Å². The number of rotatable bonds is 4. The van der Waals surface area contributed by atoms with Crippen LogP contribution in [-0.2, 0) is 10.0 Å². The topological polar surface area (TPSA) is 84.9 Å². The van der Waals surface area contributed by atoms with Crippen LogP contribution in [0, 0.1) is 0 Å². The third-order valence-corrected chi connectivity index (χ3v) is 6.93. The summed E-state index contributed by atoms with van der Waals surface area (Å²) in [6, 6.07) is 11.4. The van der Waals surface area contributed by atoms with Crippen molar-refractivity contribution in [3.05, 3.63) is 48.0 Å². The highest BCUT2D eigenvalue weighted by atomic mass is 32.2. The number of nitrogens with one attached hydrogen (secondary N) is 1. The zero-order valence-corrected chi connectivity index (χ0v) is 17.3. The van der Waals surface area contributed by atoms with E-state index in [1.165, 1.54) is 16.4 Å². The largest absolute Gasteiger partial charge is 0.449 e. The monoisotopic (exact) mass is 416 g/mol. The third-order valence-electron chi connectivity index (χ3n) is 4.98. The summed E-state index contributed by atoms with van der Waals surface area (Å²) in [4.78, 5) is 13.0. The van der Waals surface area contributed by atoms with Gasteiger partial charge >= 0.3 is 0 Å². The van der Waals surface area contributed by atoms with Crippen molar-refractivity contribution in [1.29, 1.82) is 0 Å². The molecule has 0 radical (unpaired) electrons. The molecule has 1 fully saturated rings. The van der Waals surface area contributed by atoms with Crippen LogP contribution in [0.5, 0.6) is 11.5 Å². The van der Waals surface area contributed by atoms with Gasteiger partial charge in [-0.05, 0) is 37.1 Å². The Bertz CT molecular complexity index is 1040. The summed E-state index contributed by atoms with van der Waals surface area (Å²) in [5, 5.41) is 2.77. The lowest BCUT2D eigenvalue weighted by molar-refractivity contribution is -0.0431. The summed E-state index contributed by atoms with van der Waals surface area (Å²) >= 11 is 0. The van der Waals surface area contributed by atoms with Crippen molar-refractivity contribution in [2.24, 2.45) is 0 Å². The van der Waals surface area contributed by atoms with Gasteiger partial charge in [-0.3, -0.25) is 4.79 Å². The molecular formula is C21H24N2O5S. The highest BCUT2D eigenvalue weighted by Crippen LogP contribution is 2.40. The van der Waals surface area contributed by atoms with Crippen LogP contribution in [-0.4, -0.2) is 37.5 Å². The molecule has 1 saturated heterocycles. The minimum atomic E-state index is -3.73. The first-order valence-electron chi connectivity index (χ1n) is 9.69. The minimum Gasteiger partial charge on any atom is -0.449 e. The molecule has 0 aliphatic carbocycles. The van der Waals surface area contributed by atoms with Crippen LogP contribution < -0.4 is 14.8 Å². The Morgan fingerprint density at radius 2 is 1.69 bits per heavy atom. The van der Waals surface area contributed by atoms with Crippen LogP contribution in [0.4, 0.5) is 5.69 Å². The summed E-state index contributed by atoms with van der Waals surface area (Å²) in [6.45, 7) is 4.56. The summed E-state index contributed by atoms with van der Waals surface area (Å²) in [5.74, 6) is -0.123. The molecule has 29 heavy (non-hydrogen) atoms. The fourth-order valence-corrected chi connectivity index (χ4v) is 5.33. The standard InChI is InChI=1S/C21H24N2O5S/c1-21(2)27-17-11-10-15(14-18(17)28-21)22-20(24)16-8-4-5-9-19(16)29(25,26)23-12-6-3-7-13-23/h4-5,8-11,14H,3,6-7,12-13H2,1-2H3,(H,22,24). The maximum atomic E-state index is 13.1. The zero-order valence-electron chi connectivity index (χ0n) is 16.5. The molecule has 0 saturated carbocycles. The van der Waals surface area contributed by atoms with E-state index < -0.39 is 21.7 Å². The molecule has 0 unspecified atom stereocenters. The van der Waals surface area contributed by atoms with Crippen molar-refractivity contribution in [3.8, 4) is 11.5 Å². The first-order valence-corrected chi connectivity index (χ1v) is 11.1. The Balaban J connectivity index is 1.59. The second kappa shape index (κ2) is 7.35. The molecule has 2 heterocycles. The first kappa shape index (κ1) is 19.7. The number of hydrogen-bond donors (Lipinski definition) is 1. The van der Waals surface area contributed by atoms with E-state index in [-0.39, 0.29) is 10.5 Å².